The van der Waals surface area contributed by atoms with Crippen molar-refractivity contribution in [2.24, 2.45) is 0 Å². The summed E-state index contributed by atoms with van der Waals surface area (Å²) in [7, 11) is 0. The van der Waals surface area contributed by atoms with E-state index >= 15 is 0 Å². The Bertz CT molecular complexity index is 620. The van der Waals surface area contributed by atoms with Gasteiger partial charge >= 0.3 is 0 Å². The zero-order valence-electron chi connectivity index (χ0n) is 13.3. The number of hydrogen-bond donors (Lipinski definition) is 0. The lowest BCUT2D eigenvalue weighted by atomic mass is 10.0. The molecule has 2 atom stereocenters. The van der Waals surface area contributed by atoms with E-state index in [2.05, 4.69) is 9.97 Å². The van der Waals surface area contributed by atoms with E-state index in [1.54, 1.807) is 4.90 Å². The van der Waals surface area contributed by atoms with Crippen LogP contribution in [0.15, 0.2) is 18.7 Å². The van der Waals surface area contributed by atoms with Gasteiger partial charge in [0.1, 0.15) is 12.9 Å². The van der Waals surface area contributed by atoms with Crippen LogP contribution < -0.4 is 0 Å². The predicted octanol–water partition coefficient (Wildman–Crippen LogP) is -0.293. The highest BCUT2D eigenvalue weighted by molar-refractivity contribution is 5.94. The first-order valence-electron chi connectivity index (χ1n) is 8.29. The van der Waals surface area contributed by atoms with E-state index in [-0.39, 0.29) is 36.6 Å². The van der Waals surface area contributed by atoms with Crippen molar-refractivity contribution in [3.05, 3.63) is 24.3 Å². The average Bonchev–Trinajstić information content (AvgIpc) is 3.06. The van der Waals surface area contributed by atoms with Gasteiger partial charge in [-0.1, -0.05) is 0 Å². The highest BCUT2D eigenvalue weighted by Gasteiger charge is 2.47. The number of carbonyl (C=O) groups excluding carboxylic acids is 2. The SMILES string of the molecule is O=C(c1cncnc1)N1C[C@@H]2OCC(=O)N(C3CCOCC3)[C@H]2C1. The molecule has 0 aliphatic carbocycles. The van der Waals surface area contributed by atoms with Crippen LogP contribution in [0.25, 0.3) is 0 Å². The molecule has 1 aromatic rings. The highest BCUT2D eigenvalue weighted by Crippen LogP contribution is 2.29. The van der Waals surface area contributed by atoms with Crippen LogP contribution in [0.1, 0.15) is 23.2 Å². The molecule has 8 heteroatoms. The van der Waals surface area contributed by atoms with Gasteiger partial charge in [-0.3, -0.25) is 9.59 Å². The monoisotopic (exact) mass is 332 g/mol. The topological polar surface area (TPSA) is 84.9 Å². The number of likely N-dealkylation sites (tertiary alicyclic amines) is 1. The van der Waals surface area contributed by atoms with E-state index in [1.807, 2.05) is 4.90 Å². The molecule has 0 unspecified atom stereocenters. The number of fused-ring (bicyclic) bond motifs is 1. The van der Waals surface area contributed by atoms with Crippen molar-refractivity contribution in [1.82, 2.24) is 19.8 Å². The summed E-state index contributed by atoms with van der Waals surface area (Å²) in [6.45, 7) is 2.43. The van der Waals surface area contributed by atoms with Gasteiger partial charge in [-0.25, -0.2) is 9.97 Å². The average molecular weight is 332 g/mol. The fourth-order valence-corrected chi connectivity index (χ4v) is 3.82. The molecule has 3 aliphatic heterocycles. The molecule has 0 radical (unpaired) electrons. The fraction of sp³-hybridized carbons (Fsp3) is 0.625. The van der Waals surface area contributed by atoms with Crippen LogP contribution in [0.3, 0.4) is 0 Å². The number of amides is 2. The molecule has 3 fully saturated rings. The number of ether oxygens (including phenoxy) is 2. The molecule has 4 rings (SSSR count). The predicted molar refractivity (Wildman–Crippen MR) is 82.2 cm³/mol. The van der Waals surface area contributed by atoms with Crippen LogP contribution in [0.2, 0.25) is 0 Å². The van der Waals surface area contributed by atoms with E-state index < -0.39 is 0 Å². The van der Waals surface area contributed by atoms with Gasteiger partial charge in [0, 0.05) is 44.7 Å². The Morgan fingerprint density at radius 2 is 1.92 bits per heavy atom. The van der Waals surface area contributed by atoms with Crippen LogP contribution >= 0.6 is 0 Å². The minimum Gasteiger partial charge on any atom is -0.381 e. The number of hydrogen-bond acceptors (Lipinski definition) is 6. The fourth-order valence-electron chi connectivity index (χ4n) is 3.82. The molecule has 8 nitrogen and oxygen atoms in total. The van der Waals surface area contributed by atoms with E-state index in [0.717, 1.165) is 12.8 Å². The van der Waals surface area contributed by atoms with Crippen molar-refractivity contribution in [1.29, 1.82) is 0 Å². The van der Waals surface area contributed by atoms with Crippen molar-refractivity contribution >= 4 is 11.8 Å². The molecular formula is C16H20N4O4. The number of aromatic nitrogens is 2. The Morgan fingerprint density at radius 1 is 1.17 bits per heavy atom. The zero-order valence-corrected chi connectivity index (χ0v) is 13.3. The third-order valence-electron chi connectivity index (χ3n) is 4.98. The number of carbonyl (C=O) groups is 2. The molecule has 0 bridgehead atoms. The zero-order chi connectivity index (χ0) is 16.5. The molecule has 0 saturated carbocycles. The standard InChI is InChI=1S/C16H20N4O4/c21-15-9-24-14-8-19(16(22)11-5-17-10-18-6-11)7-13(14)20(15)12-1-3-23-4-2-12/h5-6,10,12-14H,1-4,7-9H2/t13-,14-/m0/s1. The second kappa shape index (κ2) is 6.45. The lowest BCUT2D eigenvalue weighted by Crippen LogP contribution is -2.58. The first kappa shape index (κ1) is 15.5. The maximum absolute atomic E-state index is 12.6. The Balaban J connectivity index is 1.51. The molecule has 128 valence electrons. The maximum atomic E-state index is 12.6. The second-order valence-corrected chi connectivity index (χ2v) is 6.40. The summed E-state index contributed by atoms with van der Waals surface area (Å²) in [5.74, 6) is -0.103. The Kier molecular flexibility index (Phi) is 4.15. The third kappa shape index (κ3) is 2.76. The van der Waals surface area contributed by atoms with E-state index in [4.69, 9.17) is 9.47 Å². The molecule has 4 heterocycles. The summed E-state index contributed by atoms with van der Waals surface area (Å²) < 4.78 is 11.1. The molecule has 1 aromatic heterocycles. The molecule has 3 saturated heterocycles. The molecule has 3 aliphatic rings. The van der Waals surface area contributed by atoms with Crippen LogP contribution in [-0.4, -0.2) is 82.7 Å². The molecule has 0 N–H and O–H groups in total. The van der Waals surface area contributed by atoms with Crippen molar-refractivity contribution in [3.63, 3.8) is 0 Å². The van der Waals surface area contributed by atoms with Gasteiger partial charge in [-0.05, 0) is 12.8 Å². The van der Waals surface area contributed by atoms with Gasteiger partial charge < -0.3 is 19.3 Å². The van der Waals surface area contributed by atoms with Crippen LogP contribution in [0, 0.1) is 0 Å². The Labute approximate surface area is 139 Å². The first-order chi connectivity index (χ1) is 11.7. The highest BCUT2D eigenvalue weighted by atomic mass is 16.5. The van der Waals surface area contributed by atoms with Crippen molar-refractivity contribution < 1.29 is 19.1 Å². The molecule has 0 aromatic carbocycles. The van der Waals surface area contributed by atoms with E-state index in [1.165, 1.54) is 18.7 Å². The van der Waals surface area contributed by atoms with Crippen molar-refractivity contribution in [2.45, 2.75) is 31.0 Å². The lowest BCUT2D eigenvalue weighted by Gasteiger charge is -2.43. The second-order valence-electron chi connectivity index (χ2n) is 6.40. The number of nitrogens with zero attached hydrogens (tertiary/aromatic N) is 4. The molecular weight excluding hydrogens is 312 g/mol. The third-order valence-corrected chi connectivity index (χ3v) is 4.98. The summed E-state index contributed by atoms with van der Waals surface area (Å²) in [6.07, 6.45) is 5.98. The minimum absolute atomic E-state index is 0.0143. The minimum atomic E-state index is -0.126. The molecule has 2 amide bonds. The van der Waals surface area contributed by atoms with E-state index in [9.17, 15) is 9.59 Å². The van der Waals surface area contributed by atoms with Crippen LogP contribution in [0.5, 0.6) is 0 Å². The smallest absolute Gasteiger partial charge is 0.257 e. The van der Waals surface area contributed by atoms with Crippen LogP contribution in [0.4, 0.5) is 0 Å². The summed E-state index contributed by atoms with van der Waals surface area (Å²) in [5, 5.41) is 0. The van der Waals surface area contributed by atoms with Crippen molar-refractivity contribution in [3.8, 4) is 0 Å². The van der Waals surface area contributed by atoms with Gasteiger partial charge in [0.15, 0.2) is 0 Å². The van der Waals surface area contributed by atoms with Crippen LogP contribution in [-0.2, 0) is 14.3 Å². The summed E-state index contributed by atoms with van der Waals surface area (Å²) in [4.78, 5) is 36.5. The number of morpholine rings is 1. The van der Waals surface area contributed by atoms with Crippen molar-refractivity contribution in [2.75, 3.05) is 32.9 Å². The van der Waals surface area contributed by atoms with Gasteiger partial charge in [-0.2, -0.15) is 0 Å². The number of rotatable bonds is 2. The lowest BCUT2D eigenvalue weighted by molar-refractivity contribution is -0.159. The van der Waals surface area contributed by atoms with E-state index in [0.29, 0.717) is 31.9 Å². The quantitative estimate of drug-likeness (QED) is 0.740. The summed E-state index contributed by atoms with van der Waals surface area (Å²) >= 11 is 0. The molecule has 24 heavy (non-hydrogen) atoms. The van der Waals surface area contributed by atoms with Gasteiger partial charge in [0.2, 0.25) is 5.91 Å². The summed E-state index contributed by atoms with van der Waals surface area (Å²) in [6, 6.07) is 0.0979. The Morgan fingerprint density at radius 3 is 2.67 bits per heavy atom. The Hall–Kier alpha value is -2.06. The van der Waals surface area contributed by atoms with Gasteiger partial charge in [0.05, 0.1) is 17.7 Å². The molecule has 0 spiro atoms. The van der Waals surface area contributed by atoms with Gasteiger partial charge in [-0.15, -0.1) is 0 Å². The largest absolute Gasteiger partial charge is 0.381 e. The maximum Gasteiger partial charge on any atom is 0.257 e. The normalized spacial score (nSPS) is 28.1. The summed E-state index contributed by atoms with van der Waals surface area (Å²) in [5.41, 5.74) is 0.458. The first-order valence-corrected chi connectivity index (χ1v) is 8.29. The van der Waals surface area contributed by atoms with Gasteiger partial charge in [0.25, 0.3) is 5.91 Å².